The number of hydrogen-bond acceptors (Lipinski definition) is 4. The maximum atomic E-state index is 10.8. The molecule has 0 bridgehead atoms. The molecule has 0 unspecified atom stereocenters. The fraction of sp³-hybridized carbons (Fsp3) is 0.238. The number of benzene rings is 2. The molecule has 27 heavy (non-hydrogen) atoms. The van der Waals surface area contributed by atoms with Gasteiger partial charge < -0.3 is 15.2 Å². The fourth-order valence-corrected chi connectivity index (χ4v) is 3.35. The van der Waals surface area contributed by atoms with Gasteiger partial charge in [-0.15, -0.1) is 0 Å². The Balaban J connectivity index is 1.47. The van der Waals surface area contributed by atoms with Crippen LogP contribution in [0.2, 0.25) is 0 Å². The summed E-state index contributed by atoms with van der Waals surface area (Å²) in [5, 5.41) is 4.80. The monoisotopic (exact) mass is 363 g/mol. The van der Waals surface area contributed by atoms with Crippen LogP contribution < -0.4 is 15.2 Å². The van der Waals surface area contributed by atoms with Crippen LogP contribution in [-0.4, -0.2) is 22.3 Å². The molecule has 138 valence electrons. The second kappa shape index (κ2) is 7.53. The Morgan fingerprint density at radius 1 is 1.00 bits per heavy atom. The number of hydrogen-bond donors (Lipinski definition) is 1. The van der Waals surface area contributed by atoms with Crippen molar-refractivity contribution in [3.63, 3.8) is 0 Å². The smallest absolute Gasteiger partial charge is 0.255 e. The minimum absolute atomic E-state index is 0.136. The molecule has 3 aromatic rings. The molecular formula is C21H21N3O3. The molecule has 1 aromatic heterocycles. The van der Waals surface area contributed by atoms with Gasteiger partial charge in [0.2, 0.25) is 0 Å². The lowest BCUT2D eigenvalue weighted by molar-refractivity contribution is -0.119. The lowest BCUT2D eigenvalue weighted by atomic mass is 10.2. The molecule has 4 rings (SSSR count). The number of nitrogens with zero attached hydrogens (tertiary/aromatic N) is 2. The van der Waals surface area contributed by atoms with Crippen molar-refractivity contribution in [3.8, 4) is 17.2 Å². The van der Waals surface area contributed by atoms with Gasteiger partial charge in [0.15, 0.2) is 6.61 Å². The third-order valence-corrected chi connectivity index (χ3v) is 4.59. The molecule has 0 fully saturated rings. The average molecular weight is 363 g/mol. The molecule has 0 aliphatic heterocycles. The number of primary amides is 1. The summed E-state index contributed by atoms with van der Waals surface area (Å²) in [6.07, 6.45) is 3.24. The van der Waals surface area contributed by atoms with E-state index in [1.807, 2.05) is 35.0 Å². The number of carbonyl (C=O) groups is 1. The third kappa shape index (κ3) is 3.79. The molecule has 1 aliphatic rings. The summed E-state index contributed by atoms with van der Waals surface area (Å²) in [4.78, 5) is 10.8. The Bertz CT molecular complexity index is 933. The molecule has 2 N–H and O–H groups in total. The number of carbonyl (C=O) groups excluding carboxylic acids is 1. The van der Waals surface area contributed by atoms with Crippen molar-refractivity contribution in [1.29, 1.82) is 0 Å². The Hall–Kier alpha value is -3.28. The largest absolute Gasteiger partial charge is 0.487 e. The maximum Gasteiger partial charge on any atom is 0.255 e. The van der Waals surface area contributed by atoms with Crippen LogP contribution in [-0.2, 0) is 24.2 Å². The highest BCUT2D eigenvalue weighted by Gasteiger charge is 2.23. The molecule has 1 heterocycles. The Labute approximate surface area is 157 Å². The van der Waals surface area contributed by atoms with Gasteiger partial charge in [0.25, 0.3) is 5.91 Å². The van der Waals surface area contributed by atoms with Gasteiger partial charge in [0.1, 0.15) is 23.8 Å². The van der Waals surface area contributed by atoms with Crippen molar-refractivity contribution in [2.24, 2.45) is 5.73 Å². The number of rotatable bonds is 7. The van der Waals surface area contributed by atoms with Crippen LogP contribution in [0.25, 0.3) is 5.69 Å². The highest BCUT2D eigenvalue weighted by atomic mass is 16.5. The van der Waals surface area contributed by atoms with Gasteiger partial charge in [0.05, 0.1) is 5.69 Å². The highest BCUT2D eigenvalue weighted by molar-refractivity contribution is 5.75. The van der Waals surface area contributed by atoms with Gasteiger partial charge in [-0.2, -0.15) is 5.10 Å². The number of aromatic nitrogens is 2. The van der Waals surface area contributed by atoms with Gasteiger partial charge in [0, 0.05) is 11.3 Å². The predicted molar refractivity (Wildman–Crippen MR) is 101 cm³/mol. The molecule has 6 heteroatoms. The first-order valence-corrected chi connectivity index (χ1v) is 9.00. The van der Waals surface area contributed by atoms with Gasteiger partial charge in [-0.05, 0) is 55.7 Å². The minimum atomic E-state index is -0.502. The number of fused-ring (bicyclic) bond motifs is 1. The standard InChI is InChI=1S/C21H21N3O3/c22-21(25)14-27-17-11-9-16(10-12-17)26-13-19-18-7-4-8-20(18)24(23-19)15-5-2-1-3-6-15/h1-3,5-6,9-12H,4,7-8,13-14H2,(H2,22,25). The number of amides is 1. The Morgan fingerprint density at radius 3 is 2.41 bits per heavy atom. The van der Waals surface area contributed by atoms with Crippen LogP contribution in [0, 0.1) is 0 Å². The topological polar surface area (TPSA) is 79.4 Å². The van der Waals surface area contributed by atoms with Crippen molar-refractivity contribution in [2.75, 3.05) is 6.61 Å². The SMILES string of the molecule is NC(=O)COc1ccc(OCc2nn(-c3ccccc3)c3c2CCC3)cc1. The van der Waals surface area contributed by atoms with E-state index < -0.39 is 5.91 Å². The van der Waals surface area contributed by atoms with Crippen LogP contribution >= 0.6 is 0 Å². The van der Waals surface area contributed by atoms with Crippen molar-refractivity contribution in [3.05, 3.63) is 71.5 Å². The molecule has 0 radical (unpaired) electrons. The summed E-state index contributed by atoms with van der Waals surface area (Å²) in [6, 6.07) is 17.3. The van der Waals surface area contributed by atoms with E-state index in [9.17, 15) is 4.79 Å². The van der Waals surface area contributed by atoms with E-state index in [1.54, 1.807) is 12.1 Å². The first-order valence-electron chi connectivity index (χ1n) is 9.00. The van der Waals surface area contributed by atoms with Gasteiger partial charge in [-0.1, -0.05) is 18.2 Å². The lowest BCUT2D eigenvalue weighted by Gasteiger charge is -2.07. The van der Waals surface area contributed by atoms with Crippen molar-refractivity contribution in [2.45, 2.75) is 25.9 Å². The van der Waals surface area contributed by atoms with Crippen LogP contribution in [0.5, 0.6) is 11.5 Å². The Kier molecular flexibility index (Phi) is 4.78. The zero-order valence-electron chi connectivity index (χ0n) is 14.9. The molecule has 1 aliphatic carbocycles. The number of nitrogens with two attached hydrogens (primary N) is 1. The molecule has 2 aromatic carbocycles. The van der Waals surface area contributed by atoms with Gasteiger partial charge in [-0.25, -0.2) is 4.68 Å². The number of ether oxygens (including phenoxy) is 2. The molecule has 0 saturated carbocycles. The molecule has 0 spiro atoms. The quantitative estimate of drug-likeness (QED) is 0.700. The van der Waals surface area contributed by atoms with Crippen LogP contribution in [0.15, 0.2) is 54.6 Å². The molecule has 1 amide bonds. The normalized spacial score (nSPS) is 12.6. The summed E-state index contributed by atoms with van der Waals surface area (Å²) in [5.41, 5.74) is 9.73. The van der Waals surface area contributed by atoms with Crippen molar-refractivity contribution in [1.82, 2.24) is 9.78 Å². The number of para-hydroxylation sites is 1. The van der Waals surface area contributed by atoms with E-state index in [1.165, 1.54) is 11.3 Å². The molecular weight excluding hydrogens is 342 g/mol. The van der Waals surface area contributed by atoms with E-state index in [-0.39, 0.29) is 6.61 Å². The highest BCUT2D eigenvalue weighted by Crippen LogP contribution is 2.28. The van der Waals surface area contributed by atoms with Crippen LogP contribution in [0.4, 0.5) is 0 Å². The van der Waals surface area contributed by atoms with E-state index in [0.29, 0.717) is 12.4 Å². The zero-order valence-corrected chi connectivity index (χ0v) is 14.9. The zero-order chi connectivity index (χ0) is 18.6. The van der Waals surface area contributed by atoms with Gasteiger partial charge >= 0.3 is 0 Å². The minimum Gasteiger partial charge on any atom is -0.487 e. The van der Waals surface area contributed by atoms with Crippen molar-refractivity contribution >= 4 is 5.91 Å². The molecule has 6 nitrogen and oxygen atoms in total. The first-order chi connectivity index (χ1) is 13.2. The Morgan fingerprint density at radius 2 is 1.70 bits per heavy atom. The molecule has 0 saturated heterocycles. The summed E-state index contributed by atoms with van der Waals surface area (Å²) < 4.78 is 13.2. The second-order valence-electron chi connectivity index (χ2n) is 6.49. The van der Waals surface area contributed by atoms with E-state index >= 15 is 0 Å². The van der Waals surface area contributed by atoms with E-state index in [0.717, 1.165) is 36.4 Å². The van der Waals surface area contributed by atoms with Gasteiger partial charge in [-0.3, -0.25) is 4.79 Å². The summed E-state index contributed by atoms with van der Waals surface area (Å²) in [6.45, 7) is 0.285. The summed E-state index contributed by atoms with van der Waals surface area (Å²) in [7, 11) is 0. The first kappa shape index (κ1) is 17.1. The van der Waals surface area contributed by atoms with Crippen LogP contribution in [0.3, 0.4) is 0 Å². The fourth-order valence-electron chi connectivity index (χ4n) is 3.35. The van der Waals surface area contributed by atoms with Crippen molar-refractivity contribution < 1.29 is 14.3 Å². The van der Waals surface area contributed by atoms with Crippen LogP contribution in [0.1, 0.15) is 23.4 Å². The maximum absolute atomic E-state index is 10.8. The second-order valence-corrected chi connectivity index (χ2v) is 6.49. The average Bonchev–Trinajstić information content (AvgIpc) is 3.29. The third-order valence-electron chi connectivity index (χ3n) is 4.59. The van der Waals surface area contributed by atoms with E-state index in [4.69, 9.17) is 20.3 Å². The predicted octanol–water partition coefficient (Wildman–Crippen LogP) is 2.80. The summed E-state index contributed by atoms with van der Waals surface area (Å²) >= 11 is 0. The lowest BCUT2D eigenvalue weighted by Crippen LogP contribution is -2.19. The van der Waals surface area contributed by atoms with E-state index in [2.05, 4.69) is 12.1 Å². The summed E-state index contributed by atoms with van der Waals surface area (Å²) in [5.74, 6) is 0.802. The molecule has 0 atom stereocenters.